The summed E-state index contributed by atoms with van der Waals surface area (Å²) in [6, 6.07) is 14.3. The van der Waals surface area contributed by atoms with E-state index in [-0.39, 0.29) is 47.3 Å². The third-order valence-electron chi connectivity index (χ3n) is 9.71. The zero-order valence-electron chi connectivity index (χ0n) is 30.9. The van der Waals surface area contributed by atoms with E-state index in [0.717, 1.165) is 5.56 Å². The van der Waals surface area contributed by atoms with E-state index < -0.39 is 56.0 Å². The number of oxime groups is 1. The molecule has 0 bridgehead atoms. The van der Waals surface area contributed by atoms with Crippen LogP contribution in [0.5, 0.6) is 0 Å². The minimum Gasteiger partial charge on any atom is -0.468 e. The van der Waals surface area contributed by atoms with Crippen LogP contribution in [0.4, 0.5) is 0 Å². The van der Waals surface area contributed by atoms with Crippen LogP contribution in [0.1, 0.15) is 54.7 Å². The van der Waals surface area contributed by atoms with Gasteiger partial charge in [0.05, 0.1) is 36.4 Å². The molecule has 1 aliphatic heterocycles. The van der Waals surface area contributed by atoms with Crippen molar-refractivity contribution in [2.75, 3.05) is 26.8 Å². The van der Waals surface area contributed by atoms with Crippen LogP contribution in [-0.2, 0) is 33.6 Å². The molecular weight excluding hydrogens is 691 g/mol. The zero-order chi connectivity index (χ0) is 37.2. The monoisotopic (exact) mass is 741 g/mol. The number of sulfonamides is 1. The van der Waals surface area contributed by atoms with Crippen molar-refractivity contribution in [2.45, 2.75) is 88.7 Å². The third kappa shape index (κ3) is 8.64. The molecule has 1 fully saturated rings. The standard InChI is InChI=1S/C36H51N3O8SSi2/c1-24-15-17-25(18-16-24)48(43,44)39-20-19-27(29(23-39)38-47-50(9,10)36(2,3)4)31(34(41)45-5)32-30(26-13-11-12-14-28(26)37-32)33(40)35(42)46-21-22-49(6,7)8/h11-18,27,31,37H,19-23H2,1-10H3/b38-29-. The summed E-state index contributed by atoms with van der Waals surface area (Å²) in [6.45, 7) is 18.6. The fraction of sp³-hybridized carbons (Fsp3) is 0.500. The lowest BCUT2D eigenvalue weighted by atomic mass is 9.79. The van der Waals surface area contributed by atoms with Crippen molar-refractivity contribution in [3.05, 3.63) is 65.4 Å². The number of methoxy groups -OCH3 is 1. The number of nitrogens with one attached hydrogen (secondary N) is 1. The number of rotatable bonds is 12. The number of aromatic amines is 1. The van der Waals surface area contributed by atoms with E-state index in [9.17, 15) is 22.8 Å². The Kier molecular flexibility index (Phi) is 11.7. The molecule has 4 rings (SSSR count). The van der Waals surface area contributed by atoms with Gasteiger partial charge in [0, 0.05) is 37.1 Å². The lowest BCUT2D eigenvalue weighted by Crippen LogP contribution is -2.48. The van der Waals surface area contributed by atoms with Gasteiger partial charge in [-0.25, -0.2) is 13.2 Å². The number of para-hydroxylation sites is 1. The number of piperidine rings is 1. The van der Waals surface area contributed by atoms with Gasteiger partial charge in [0.2, 0.25) is 10.0 Å². The Balaban J connectivity index is 1.83. The number of aromatic nitrogens is 1. The van der Waals surface area contributed by atoms with Crippen molar-refractivity contribution in [1.82, 2.24) is 9.29 Å². The summed E-state index contributed by atoms with van der Waals surface area (Å²) in [6.07, 6.45) is 0.161. The molecule has 1 N–H and O–H groups in total. The molecular formula is C36H51N3O8SSi2. The molecule has 2 aromatic carbocycles. The number of fused-ring (bicyclic) bond motifs is 1. The third-order valence-corrected chi connectivity index (χ3v) is 17.4. The van der Waals surface area contributed by atoms with Gasteiger partial charge in [-0.15, -0.1) is 5.16 Å². The Bertz CT molecular complexity index is 1870. The number of aryl methyl sites for hydroxylation is 1. The molecule has 14 heteroatoms. The van der Waals surface area contributed by atoms with Gasteiger partial charge in [0.15, 0.2) is 0 Å². The maximum atomic E-state index is 13.9. The van der Waals surface area contributed by atoms with Crippen LogP contribution in [-0.4, -0.2) is 84.3 Å². The predicted molar refractivity (Wildman–Crippen MR) is 200 cm³/mol. The number of hydrogen-bond acceptors (Lipinski definition) is 9. The minimum absolute atomic E-state index is 0.0216. The van der Waals surface area contributed by atoms with Gasteiger partial charge in [0.1, 0.15) is 5.92 Å². The summed E-state index contributed by atoms with van der Waals surface area (Å²) >= 11 is 0. The minimum atomic E-state index is -3.93. The van der Waals surface area contributed by atoms with Crippen molar-refractivity contribution in [3.63, 3.8) is 0 Å². The number of carbonyl (C=O) groups is 3. The molecule has 0 radical (unpaired) electrons. The van der Waals surface area contributed by atoms with E-state index in [2.05, 4.69) is 50.6 Å². The van der Waals surface area contributed by atoms with Gasteiger partial charge in [0.25, 0.3) is 14.1 Å². The number of benzene rings is 2. The molecule has 0 saturated carbocycles. The molecule has 2 atom stereocenters. The number of hydrogen-bond donors (Lipinski definition) is 1. The molecule has 1 aliphatic rings. The van der Waals surface area contributed by atoms with E-state index in [1.165, 1.54) is 11.4 Å². The fourth-order valence-corrected chi connectivity index (χ4v) is 8.28. The molecule has 11 nitrogen and oxygen atoms in total. The van der Waals surface area contributed by atoms with Gasteiger partial charge >= 0.3 is 11.9 Å². The first-order valence-electron chi connectivity index (χ1n) is 16.9. The average molecular weight is 742 g/mol. The number of H-pyrrole nitrogens is 1. The smallest absolute Gasteiger partial charge is 0.379 e. The number of esters is 2. The molecule has 2 heterocycles. The van der Waals surface area contributed by atoms with Crippen molar-refractivity contribution in [1.29, 1.82) is 0 Å². The first-order chi connectivity index (χ1) is 23.2. The Labute approximate surface area is 297 Å². The van der Waals surface area contributed by atoms with Crippen LogP contribution in [0.15, 0.2) is 58.6 Å². The highest BCUT2D eigenvalue weighted by Gasteiger charge is 2.45. The van der Waals surface area contributed by atoms with Crippen molar-refractivity contribution in [3.8, 4) is 0 Å². The summed E-state index contributed by atoms with van der Waals surface area (Å²) in [5.74, 6) is -4.44. The van der Waals surface area contributed by atoms with Crippen LogP contribution >= 0.6 is 0 Å². The summed E-state index contributed by atoms with van der Waals surface area (Å²) < 4.78 is 46.2. The van der Waals surface area contributed by atoms with Crippen LogP contribution in [0.25, 0.3) is 10.9 Å². The summed E-state index contributed by atoms with van der Waals surface area (Å²) in [5, 5.41) is 4.88. The maximum Gasteiger partial charge on any atom is 0.379 e. The Hall–Kier alpha value is -3.60. The molecule has 1 saturated heterocycles. The van der Waals surface area contributed by atoms with Crippen LogP contribution < -0.4 is 0 Å². The second kappa shape index (κ2) is 14.9. The highest BCUT2D eigenvalue weighted by Crippen LogP contribution is 2.40. The summed E-state index contributed by atoms with van der Waals surface area (Å²) in [5.41, 5.74) is 2.00. The second-order valence-electron chi connectivity index (χ2n) is 15.7. The van der Waals surface area contributed by atoms with Gasteiger partial charge < -0.3 is 19.0 Å². The van der Waals surface area contributed by atoms with E-state index in [0.29, 0.717) is 22.7 Å². The topological polar surface area (TPSA) is 144 Å². The lowest BCUT2D eigenvalue weighted by Gasteiger charge is -2.37. The highest BCUT2D eigenvalue weighted by molar-refractivity contribution is 7.89. The lowest BCUT2D eigenvalue weighted by molar-refractivity contribution is -0.143. The van der Waals surface area contributed by atoms with E-state index in [1.54, 1.807) is 48.5 Å². The van der Waals surface area contributed by atoms with Gasteiger partial charge in [-0.2, -0.15) is 4.31 Å². The molecule has 50 heavy (non-hydrogen) atoms. The first kappa shape index (κ1) is 39.2. The first-order valence-corrected chi connectivity index (χ1v) is 24.9. The quantitative estimate of drug-likeness (QED) is 0.0695. The van der Waals surface area contributed by atoms with Gasteiger partial charge in [-0.3, -0.25) is 9.59 Å². The van der Waals surface area contributed by atoms with Crippen LogP contribution in [0, 0.1) is 12.8 Å². The average Bonchev–Trinajstić information content (AvgIpc) is 3.41. The molecule has 272 valence electrons. The largest absolute Gasteiger partial charge is 0.468 e. The van der Waals surface area contributed by atoms with Crippen molar-refractivity contribution >= 4 is 60.8 Å². The van der Waals surface area contributed by atoms with Crippen LogP contribution in [0.2, 0.25) is 43.8 Å². The summed E-state index contributed by atoms with van der Waals surface area (Å²) in [4.78, 5) is 44.4. The molecule has 0 aliphatic carbocycles. The van der Waals surface area contributed by atoms with E-state index in [1.807, 2.05) is 20.0 Å². The predicted octanol–water partition coefficient (Wildman–Crippen LogP) is 6.89. The normalized spacial score (nSPS) is 17.8. The maximum absolute atomic E-state index is 13.9. The summed E-state index contributed by atoms with van der Waals surface area (Å²) in [7, 11) is -6.72. The van der Waals surface area contributed by atoms with Gasteiger partial charge in [-0.1, -0.05) is 76.3 Å². The Morgan fingerprint density at radius 3 is 2.26 bits per heavy atom. The Morgan fingerprint density at radius 2 is 1.66 bits per heavy atom. The number of carbonyl (C=O) groups excluding carboxylic acids is 3. The SMILES string of the molecule is COC(=O)C(c1[nH]c2ccccc2c1C(=O)C(=O)OCC[Si](C)(C)C)C1CCN(S(=O)(=O)c2ccc(C)cc2)C/C1=N/O[Si](C)(C)C(C)(C)C. The molecule has 0 amide bonds. The molecule has 0 spiro atoms. The number of ketones is 1. The highest BCUT2D eigenvalue weighted by atomic mass is 32.2. The van der Waals surface area contributed by atoms with Gasteiger partial charge in [-0.05, 0) is 55.7 Å². The number of nitrogens with zero attached hydrogens (tertiary/aromatic N) is 2. The second-order valence-corrected chi connectivity index (χ2v) is 28.0. The van der Waals surface area contributed by atoms with Crippen LogP contribution in [0.3, 0.4) is 0 Å². The number of ether oxygens (including phenoxy) is 2. The Morgan fingerprint density at radius 1 is 1.02 bits per heavy atom. The van der Waals surface area contributed by atoms with E-state index >= 15 is 0 Å². The molecule has 1 aromatic heterocycles. The number of Topliss-reactive ketones (excluding diaryl/α,β-unsaturated/α-hetero) is 1. The molecule has 3 aromatic rings. The van der Waals surface area contributed by atoms with Crippen molar-refractivity contribution in [2.24, 2.45) is 11.1 Å². The fourth-order valence-electron chi connectivity index (χ4n) is 5.52. The van der Waals surface area contributed by atoms with Crippen molar-refractivity contribution < 1.29 is 36.8 Å². The zero-order valence-corrected chi connectivity index (χ0v) is 33.7. The van der Waals surface area contributed by atoms with E-state index in [4.69, 9.17) is 14.0 Å². The molecule has 2 unspecified atom stereocenters.